The van der Waals surface area contributed by atoms with Crippen LogP contribution in [0.5, 0.6) is 0 Å². The maximum absolute atomic E-state index is 12.5. The maximum atomic E-state index is 12.5. The molecule has 0 saturated carbocycles. The zero-order chi connectivity index (χ0) is 20.7. The molecular formula is C18H29N5O4S2. The van der Waals surface area contributed by atoms with Crippen molar-refractivity contribution >= 4 is 33.2 Å². The first kappa shape index (κ1) is 22.0. The van der Waals surface area contributed by atoms with Crippen molar-refractivity contribution in [3.05, 3.63) is 17.5 Å². The fraction of sp³-hybridized carbons (Fsp3) is 0.667. The third-order valence-electron chi connectivity index (χ3n) is 4.86. The Morgan fingerprint density at radius 3 is 2.69 bits per heavy atom. The number of rotatable bonds is 7. The molecular weight excluding hydrogens is 414 g/mol. The average Bonchev–Trinajstić information content (AvgIpc) is 3.44. The summed E-state index contributed by atoms with van der Waals surface area (Å²) >= 11 is 1.19. The Balaban J connectivity index is 1.48. The van der Waals surface area contributed by atoms with Crippen LogP contribution >= 0.6 is 11.3 Å². The fourth-order valence-corrected chi connectivity index (χ4v) is 5.43. The largest absolute Gasteiger partial charge is 0.368 e. The summed E-state index contributed by atoms with van der Waals surface area (Å²) in [6.07, 6.45) is 1.48. The number of guanidine groups is 1. The standard InChI is InChI=1S/C18H29N5O4S2/c1-2-19-18(20-7-8-21-29(25,26)16-6-4-14-28-16)23-11-9-22(10-12-23)17(24)15-5-3-13-27-15/h4,6,14-15,21H,2-3,5,7-13H2,1H3,(H,19,20). The number of nitrogens with zero attached hydrogens (tertiary/aromatic N) is 3. The molecule has 11 heteroatoms. The molecule has 0 aromatic carbocycles. The van der Waals surface area contributed by atoms with Gasteiger partial charge in [-0.05, 0) is 31.2 Å². The molecule has 1 aromatic rings. The van der Waals surface area contributed by atoms with E-state index in [0.717, 1.165) is 25.3 Å². The number of hydrogen-bond acceptors (Lipinski definition) is 6. The first-order valence-corrected chi connectivity index (χ1v) is 12.3. The first-order valence-electron chi connectivity index (χ1n) is 9.98. The molecule has 162 valence electrons. The molecule has 0 radical (unpaired) electrons. The Labute approximate surface area is 176 Å². The minimum atomic E-state index is -3.47. The number of thiophene rings is 1. The van der Waals surface area contributed by atoms with Gasteiger partial charge in [-0.25, -0.2) is 13.1 Å². The molecule has 2 N–H and O–H groups in total. The molecule has 1 atom stereocenters. The Bertz CT molecular complexity index is 783. The second kappa shape index (κ2) is 10.4. The highest BCUT2D eigenvalue weighted by Gasteiger charge is 2.30. The van der Waals surface area contributed by atoms with Gasteiger partial charge in [0.2, 0.25) is 10.0 Å². The van der Waals surface area contributed by atoms with Gasteiger partial charge in [0.1, 0.15) is 10.3 Å². The molecule has 0 spiro atoms. The van der Waals surface area contributed by atoms with E-state index in [1.807, 2.05) is 11.8 Å². The molecule has 0 bridgehead atoms. The van der Waals surface area contributed by atoms with Gasteiger partial charge in [0.25, 0.3) is 5.91 Å². The molecule has 3 heterocycles. The summed E-state index contributed by atoms with van der Waals surface area (Å²) in [6.45, 7) is 6.58. The Kier molecular flexibility index (Phi) is 7.87. The number of piperazine rings is 1. The van der Waals surface area contributed by atoms with Crippen LogP contribution < -0.4 is 10.0 Å². The molecule has 2 saturated heterocycles. The monoisotopic (exact) mass is 443 g/mol. The van der Waals surface area contributed by atoms with Crippen LogP contribution in [0.25, 0.3) is 0 Å². The number of aliphatic imine (C=N–C) groups is 1. The van der Waals surface area contributed by atoms with Crippen LogP contribution in [0.3, 0.4) is 0 Å². The van der Waals surface area contributed by atoms with Gasteiger partial charge in [0, 0.05) is 45.9 Å². The number of ether oxygens (including phenoxy) is 1. The summed E-state index contributed by atoms with van der Waals surface area (Å²) < 4.78 is 32.7. The van der Waals surface area contributed by atoms with E-state index < -0.39 is 10.0 Å². The van der Waals surface area contributed by atoms with E-state index in [1.165, 1.54) is 11.3 Å². The molecule has 1 unspecified atom stereocenters. The van der Waals surface area contributed by atoms with Gasteiger partial charge in [-0.1, -0.05) is 6.07 Å². The molecule has 9 nitrogen and oxygen atoms in total. The van der Waals surface area contributed by atoms with Crippen LogP contribution in [0.2, 0.25) is 0 Å². The number of carbonyl (C=O) groups is 1. The van der Waals surface area contributed by atoms with Crippen molar-refractivity contribution < 1.29 is 17.9 Å². The molecule has 3 rings (SSSR count). The number of hydrogen-bond donors (Lipinski definition) is 2. The van der Waals surface area contributed by atoms with Gasteiger partial charge in [-0.3, -0.25) is 9.79 Å². The molecule has 2 fully saturated rings. The lowest BCUT2D eigenvalue weighted by Crippen LogP contribution is -2.55. The topological polar surface area (TPSA) is 103 Å². The van der Waals surface area contributed by atoms with Crippen molar-refractivity contribution in [2.24, 2.45) is 4.99 Å². The summed E-state index contributed by atoms with van der Waals surface area (Å²) in [6, 6.07) is 3.29. The van der Waals surface area contributed by atoms with Crippen molar-refractivity contribution in [2.45, 2.75) is 30.1 Å². The molecule has 2 aliphatic rings. The normalized spacial score (nSPS) is 20.9. The average molecular weight is 444 g/mol. The highest BCUT2D eigenvalue weighted by Crippen LogP contribution is 2.16. The van der Waals surface area contributed by atoms with Gasteiger partial charge in [0.15, 0.2) is 5.96 Å². The van der Waals surface area contributed by atoms with Crippen molar-refractivity contribution in [3.63, 3.8) is 0 Å². The molecule has 1 amide bonds. The van der Waals surface area contributed by atoms with E-state index >= 15 is 0 Å². The molecule has 2 aliphatic heterocycles. The van der Waals surface area contributed by atoms with Gasteiger partial charge in [-0.15, -0.1) is 11.3 Å². The molecule has 1 aromatic heterocycles. The Morgan fingerprint density at radius 1 is 1.31 bits per heavy atom. The van der Waals surface area contributed by atoms with Gasteiger partial charge < -0.3 is 19.9 Å². The van der Waals surface area contributed by atoms with Crippen LogP contribution in [0, 0.1) is 0 Å². The van der Waals surface area contributed by atoms with E-state index in [9.17, 15) is 13.2 Å². The summed E-state index contributed by atoms with van der Waals surface area (Å²) in [7, 11) is -3.47. The third-order valence-corrected chi connectivity index (χ3v) is 7.71. The summed E-state index contributed by atoms with van der Waals surface area (Å²) in [5.74, 6) is 0.833. The van der Waals surface area contributed by atoms with Crippen molar-refractivity contribution in [2.75, 3.05) is 52.4 Å². The zero-order valence-electron chi connectivity index (χ0n) is 16.7. The Hall–Kier alpha value is -1.69. The number of carbonyl (C=O) groups excluding carboxylic acids is 1. The van der Waals surface area contributed by atoms with Gasteiger partial charge in [0.05, 0.1) is 6.54 Å². The van der Waals surface area contributed by atoms with Crippen LogP contribution in [-0.4, -0.2) is 88.6 Å². The summed E-state index contributed by atoms with van der Waals surface area (Å²) in [5.41, 5.74) is 0. The van der Waals surface area contributed by atoms with Crippen LogP contribution in [0.15, 0.2) is 26.7 Å². The third kappa shape index (κ3) is 5.91. The number of amides is 1. The quantitative estimate of drug-likeness (QED) is 0.357. The van der Waals surface area contributed by atoms with E-state index in [0.29, 0.717) is 43.5 Å². The van der Waals surface area contributed by atoms with E-state index in [4.69, 9.17) is 4.74 Å². The maximum Gasteiger partial charge on any atom is 0.251 e. The minimum absolute atomic E-state index is 0.0899. The highest BCUT2D eigenvalue weighted by atomic mass is 32.2. The van der Waals surface area contributed by atoms with Crippen molar-refractivity contribution in [3.8, 4) is 0 Å². The number of nitrogens with one attached hydrogen (secondary N) is 2. The van der Waals surface area contributed by atoms with Gasteiger partial charge in [-0.2, -0.15) is 0 Å². The fourth-order valence-electron chi connectivity index (χ4n) is 3.37. The van der Waals surface area contributed by atoms with Crippen LogP contribution in [-0.2, 0) is 19.6 Å². The lowest BCUT2D eigenvalue weighted by molar-refractivity contribution is -0.142. The summed E-state index contributed by atoms with van der Waals surface area (Å²) in [4.78, 5) is 21.0. The van der Waals surface area contributed by atoms with Crippen LogP contribution in [0.1, 0.15) is 19.8 Å². The predicted molar refractivity (Wildman–Crippen MR) is 113 cm³/mol. The molecule has 0 aliphatic carbocycles. The summed E-state index contributed by atoms with van der Waals surface area (Å²) in [5, 5.41) is 4.98. The minimum Gasteiger partial charge on any atom is -0.368 e. The number of sulfonamides is 1. The highest BCUT2D eigenvalue weighted by molar-refractivity contribution is 7.91. The predicted octanol–water partition coefficient (Wildman–Crippen LogP) is 0.315. The second-order valence-electron chi connectivity index (χ2n) is 6.88. The zero-order valence-corrected chi connectivity index (χ0v) is 18.3. The SMILES string of the molecule is CCNC(=NCCNS(=O)(=O)c1cccs1)N1CCN(C(=O)C2CCCO2)CC1. The lowest BCUT2D eigenvalue weighted by atomic mass is 10.2. The van der Waals surface area contributed by atoms with Crippen molar-refractivity contribution in [1.82, 2.24) is 19.8 Å². The van der Waals surface area contributed by atoms with Crippen molar-refractivity contribution in [1.29, 1.82) is 0 Å². The van der Waals surface area contributed by atoms with E-state index in [-0.39, 0.29) is 18.6 Å². The van der Waals surface area contributed by atoms with E-state index in [2.05, 4.69) is 19.9 Å². The smallest absolute Gasteiger partial charge is 0.251 e. The molecule has 29 heavy (non-hydrogen) atoms. The van der Waals surface area contributed by atoms with E-state index in [1.54, 1.807) is 17.5 Å². The lowest BCUT2D eigenvalue weighted by Gasteiger charge is -2.37. The van der Waals surface area contributed by atoms with Gasteiger partial charge >= 0.3 is 0 Å². The van der Waals surface area contributed by atoms with Crippen LogP contribution in [0.4, 0.5) is 0 Å². The second-order valence-corrected chi connectivity index (χ2v) is 9.82. The Morgan fingerprint density at radius 2 is 2.07 bits per heavy atom. The first-order chi connectivity index (χ1) is 14.0.